The predicted molar refractivity (Wildman–Crippen MR) is 86.0 cm³/mol. The molecule has 0 spiro atoms. The van der Waals surface area contributed by atoms with E-state index in [4.69, 9.17) is 15.2 Å². The van der Waals surface area contributed by atoms with E-state index >= 15 is 0 Å². The number of carbonyl (C=O) groups is 1. The number of nitrogens with zero attached hydrogens (tertiary/aromatic N) is 1. The molecule has 22 heavy (non-hydrogen) atoms. The first-order valence-corrected chi connectivity index (χ1v) is 7.56. The highest BCUT2D eigenvalue weighted by molar-refractivity contribution is 5.69. The predicted octanol–water partition coefficient (Wildman–Crippen LogP) is 2.80. The second-order valence-electron chi connectivity index (χ2n) is 6.99. The standard InChI is InChI=1S/C17H26N2O3/c1-12-10-13(21-5)6-7-14(12)17(18)8-9-19(11-17)15(20)22-16(2,3)4/h6-7,10H,8-9,11,18H2,1-5H3. The van der Waals surface area contributed by atoms with E-state index in [9.17, 15) is 4.79 Å². The second kappa shape index (κ2) is 5.80. The van der Waals surface area contributed by atoms with Gasteiger partial charge in [0, 0.05) is 13.1 Å². The van der Waals surface area contributed by atoms with Crippen molar-refractivity contribution in [2.24, 2.45) is 5.73 Å². The van der Waals surface area contributed by atoms with Gasteiger partial charge in [0.15, 0.2) is 0 Å². The summed E-state index contributed by atoms with van der Waals surface area (Å²) in [5.41, 5.74) is 7.68. The summed E-state index contributed by atoms with van der Waals surface area (Å²) in [5, 5.41) is 0. The first kappa shape index (κ1) is 16.6. The average molecular weight is 306 g/mol. The zero-order valence-corrected chi connectivity index (χ0v) is 14.1. The van der Waals surface area contributed by atoms with Crippen molar-refractivity contribution in [3.8, 4) is 5.75 Å². The summed E-state index contributed by atoms with van der Waals surface area (Å²) in [6, 6.07) is 5.87. The molecule has 1 heterocycles. The molecule has 1 amide bonds. The van der Waals surface area contributed by atoms with Crippen molar-refractivity contribution < 1.29 is 14.3 Å². The maximum Gasteiger partial charge on any atom is 0.410 e. The van der Waals surface area contributed by atoms with Crippen molar-refractivity contribution >= 4 is 6.09 Å². The van der Waals surface area contributed by atoms with E-state index in [0.29, 0.717) is 13.1 Å². The molecule has 1 aromatic rings. The molecule has 1 aliphatic rings. The van der Waals surface area contributed by atoms with Gasteiger partial charge in [-0.2, -0.15) is 0 Å². The Morgan fingerprint density at radius 1 is 1.36 bits per heavy atom. The third kappa shape index (κ3) is 3.53. The molecular weight excluding hydrogens is 280 g/mol. The largest absolute Gasteiger partial charge is 0.497 e. The van der Waals surface area contributed by atoms with Crippen molar-refractivity contribution in [1.29, 1.82) is 0 Å². The van der Waals surface area contributed by atoms with Crippen LogP contribution in [0.25, 0.3) is 0 Å². The third-order valence-corrected chi connectivity index (χ3v) is 3.92. The van der Waals surface area contributed by atoms with Gasteiger partial charge >= 0.3 is 6.09 Å². The molecule has 0 saturated carbocycles. The number of methoxy groups -OCH3 is 1. The third-order valence-electron chi connectivity index (χ3n) is 3.92. The summed E-state index contributed by atoms with van der Waals surface area (Å²) in [6.07, 6.45) is 0.422. The average Bonchev–Trinajstić information content (AvgIpc) is 2.80. The van der Waals surface area contributed by atoms with E-state index in [1.807, 2.05) is 45.9 Å². The van der Waals surface area contributed by atoms with Crippen LogP contribution in [-0.4, -0.2) is 36.8 Å². The van der Waals surface area contributed by atoms with Crippen LogP contribution in [-0.2, 0) is 10.3 Å². The molecule has 1 atom stereocenters. The van der Waals surface area contributed by atoms with Gasteiger partial charge in [0.2, 0.25) is 0 Å². The van der Waals surface area contributed by atoms with Crippen molar-refractivity contribution in [3.63, 3.8) is 0 Å². The fraction of sp³-hybridized carbons (Fsp3) is 0.588. The highest BCUT2D eigenvalue weighted by Gasteiger charge is 2.40. The summed E-state index contributed by atoms with van der Waals surface area (Å²) < 4.78 is 10.7. The lowest BCUT2D eigenvalue weighted by Crippen LogP contribution is -2.43. The normalized spacial score (nSPS) is 21.8. The van der Waals surface area contributed by atoms with E-state index in [1.165, 1.54) is 0 Å². The van der Waals surface area contributed by atoms with Crippen molar-refractivity contribution in [3.05, 3.63) is 29.3 Å². The molecule has 0 radical (unpaired) electrons. The SMILES string of the molecule is COc1ccc(C2(N)CCN(C(=O)OC(C)(C)C)C2)c(C)c1. The molecule has 1 aliphatic heterocycles. The van der Waals surface area contributed by atoms with Gasteiger partial charge in [0.05, 0.1) is 12.6 Å². The van der Waals surface area contributed by atoms with Gasteiger partial charge in [-0.1, -0.05) is 6.07 Å². The minimum atomic E-state index is -0.534. The number of aryl methyl sites for hydroxylation is 1. The van der Waals surface area contributed by atoms with Gasteiger partial charge in [-0.3, -0.25) is 0 Å². The van der Waals surface area contributed by atoms with Crippen LogP contribution in [0.2, 0.25) is 0 Å². The Bertz CT molecular complexity index is 566. The highest BCUT2D eigenvalue weighted by atomic mass is 16.6. The Labute approximate surface area is 132 Å². The second-order valence-corrected chi connectivity index (χ2v) is 6.99. The van der Waals surface area contributed by atoms with Crippen LogP contribution in [0.15, 0.2) is 18.2 Å². The lowest BCUT2D eigenvalue weighted by Gasteiger charge is -2.28. The maximum absolute atomic E-state index is 12.2. The molecule has 0 bridgehead atoms. The number of rotatable bonds is 2. The van der Waals surface area contributed by atoms with Gasteiger partial charge in [-0.25, -0.2) is 4.79 Å². The summed E-state index contributed by atoms with van der Waals surface area (Å²) in [5.74, 6) is 0.812. The zero-order chi connectivity index (χ0) is 16.5. The molecule has 5 heteroatoms. The van der Waals surface area contributed by atoms with E-state index < -0.39 is 11.1 Å². The Morgan fingerprint density at radius 2 is 2.05 bits per heavy atom. The topological polar surface area (TPSA) is 64.8 Å². The lowest BCUT2D eigenvalue weighted by atomic mass is 9.87. The van der Waals surface area contributed by atoms with Gasteiger partial charge in [0.1, 0.15) is 11.4 Å². The number of hydrogen-bond acceptors (Lipinski definition) is 4. The number of benzene rings is 1. The Hall–Kier alpha value is -1.75. The van der Waals surface area contributed by atoms with E-state index in [0.717, 1.165) is 23.3 Å². The maximum atomic E-state index is 12.2. The van der Waals surface area contributed by atoms with Crippen molar-refractivity contribution in [2.45, 2.75) is 45.3 Å². The fourth-order valence-electron chi connectivity index (χ4n) is 2.86. The van der Waals surface area contributed by atoms with Crippen LogP contribution in [0, 0.1) is 6.92 Å². The lowest BCUT2D eigenvalue weighted by molar-refractivity contribution is 0.0284. The molecular formula is C17H26N2O3. The molecule has 2 N–H and O–H groups in total. The fourth-order valence-corrected chi connectivity index (χ4v) is 2.86. The first-order chi connectivity index (χ1) is 10.1. The van der Waals surface area contributed by atoms with Crippen LogP contribution in [0.1, 0.15) is 38.3 Å². The summed E-state index contributed by atoms with van der Waals surface area (Å²) >= 11 is 0. The molecule has 5 nitrogen and oxygen atoms in total. The van der Waals surface area contributed by atoms with Crippen LogP contribution in [0.4, 0.5) is 4.79 Å². The Kier molecular flexibility index (Phi) is 4.38. The molecule has 1 fully saturated rings. The molecule has 122 valence electrons. The van der Waals surface area contributed by atoms with Gasteiger partial charge < -0.3 is 20.1 Å². The minimum Gasteiger partial charge on any atom is -0.497 e. The summed E-state index contributed by atoms with van der Waals surface area (Å²) in [6.45, 7) is 8.69. The molecule has 1 unspecified atom stereocenters. The molecule has 1 saturated heterocycles. The summed E-state index contributed by atoms with van der Waals surface area (Å²) in [7, 11) is 1.65. The molecule has 0 aliphatic carbocycles. The van der Waals surface area contributed by atoms with E-state index in [-0.39, 0.29) is 6.09 Å². The first-order valence-electron chi connectivity index (χ1n) is 7.56. The number of hydrogen-bond donors (Lipinski definition) is 1. The quantitative estimate of drug-likeness (QED) is 0.912. The van der Waals surface area contributed by atoms with Gasteiger partial charge in [-0.15, -0.1) is 0 Å². The number of nitrogens with two attached hydrogens (primary N) is 1. The van der Waals surface area contributed by atoms with E-state index in [1.54, 1.807) is 12.0 Å². The Morgan fingerprint density at radius 3 is 2.59 bits per heavy atom. The molecule has 0 aromatic heterocycles. The minimum absolute atomic E-state index is 0.300. The number of carbonyl (C=O) groups excluding carboxylic acids is 1. The number of ether oxygens (including phenoxy) is 2. The smallest absolute Gasteiger partial charge is 0.410 e. The highest BCUT2D eigenvalue weighted by Crippen LogP contribution is 2.33. The number of amides is 1. The van der Waals surface area contributed by atoms with Crippen LogP contribution in [0.5, 0.6) is 5.75 Å². The zero-order valence-electron chi connectivity index (χ0n) is 14.1. The van der Waals surface area contributed by atoms with Gasteiger partial charge in [0.25, 0.3) is 0 Å². The molecule has 1 aromatic carbocycles. The summed E-state index contributed by atoms with van der Waals surface area (Å²) in [4.78, 5) is 13.9. The monoisotopic (exact) mass is 306 g/mol. The van der Waals surface area contributed by atoms with Crippen LogP contribution >= 0.6 is 0 Å². The van der Waals surface area contributed by atoms with Crippen molar-refractivity contribution in [2.75, 3.05) is 20.2 Å². The van der Waals surface area contributed by atoms with Crippen LogP contribution < -0.4 is 10.5 Å². The molecule has 2 rings (SSSR count). The Balaban J connectivity index is 2.15. The van der Waals surface area contributed by atoms with E-state index in [2.05, 4.69) is 0 Å². The van der Waals surface area contributed by atoms with Crippen molar-refractivity contribution in [1.82, 2.24) is 4.90 Å². The number of likely N-dealkylation sites (tertiary alicyclic amines) is 1. The van der Waals surface area contributed by atoms with Crippen LogP contribution in [0.3, 0.4) is 0 Å². The van der Waals surface area contributed by atoms with Gasteiger partial charge in [-0.05, 0) is 57.4 Å².